The molecule has 2 aliphatic heterocycles. The second-order valence-corrected chi connectivity index (χ2v) is 7.17. The molecule has 28 heavy (non-hydrogen) atoms. The van der Waals surface area contributed by atoms with Gasteiger partial charge < -0.3 is 15.1 Å². The first-order chi connectivity index (χ1) is 13.5. The number of hydrogen-bond donors (Lipinski definition) is 1. The first-order valence-corrected chi connectivity index (χ1v) is 9.92. The minimum atomic E-state index is -0.230. The summed E-state index contributed by atoms with van der Waals surface area (Å²) in [7, 11) is 0. The van der Waals surface area contributed by atoms with E-state index in [1.807, 2.05) is 6.92 Å². The molecule has 1 aromatic carbocycles. The van der Waals surface area contributed by atoms with Crippen LogP contribution in [0.25, 0.3) is 5.57 Å². The zero-order chi connectivity index (χ0) is 20.3. The van der Waals surface area contributed by atoms with Crippen LogP contribution in [0.5, 0.6) is 0 Å². The predicted octanol–water partition coefficient (Wildman–Crippen LogP) is 1.77. The summed E-state index contributed by atoms with van der Waals surface area (Å²) in [6.45, 7) is 10.2. The fraction of sp³-hybridized carbons (Fsp3) is 0.476. The van der Waals surface area contributed by atoms with E-state index in [2.05, 4.69) is 22.0 Å². The summed E-state index contributed by atoms with van der Waals surface area (Å²) in [5.74, 6) is -0.576. The van der Waals surface area contributed by atoms with Gasteiger partial charge in [0.15, 0.2) is 0 Å². The molecular weight excluding hydrogens is 356 g/mol. The maximum atomic E-state index is 13.1. The lowest BCUT2D eigenvalue weighted by Crippen LogP contribution is -2.47. The summed E-state index contributed by atoms with van der Waals surface area (Å²) in [5.41, 5.74) is 2.36. The monoisotopic (exact) mass is 384 g/mol. The van der Waals surface area contributed by atoms with E-state index < -0.39 is 0 Å². The van der Waals surface area contributed by atoms with Crippen molar-refractivity contribution in [3.05, 3.63) is 35.5 Å². The van der Waals surface area contributed by atoms with E-state index in [1.54, 1.807) is 24.3 Å². The zero-order valence-corrected chi connectivity index (χ0v) is 16.8. The van der Waals surface area contributed by atoms with Gasteiger partial charge in [-0.05, 0) is 30.7 Å². The van der Waals surface area contributed by atoms with E-state index >= 15 is 0 Å². The highest BCUT2D eigenvalue weighted by atomic mass is 16.2. The molecule has 1 aromatic rings. The van der Waals surface area contributed by atoms with Gasteiger partial charge in [-0.3, -0.25) is 19.3 Å². The number of rotatable bonds is 6. The molecule has 2 heterocycles. The van der Waals surface area contributed by atoms with Gasteiger partial charge in [-0.1, -0.05) is 26.0 Å². The number of carbonyl (C=O) groups is 3. The highest BCUT2D eigenvalue weighted by Gasteiger charge is 2.41. The molecule has 0 atom stereocenters. The Morgan fingerprint density at radius 3 is 2.18 bits per heavy atom. The Kier molecular flexibility index (Phi) is 6.14. The molecule has 1 N–H and O–H groups in total. The van der Waals surface area contributed by atoms with E-state index in [-0.39, 0.29) is 17.7 Å². The van der Waals surface area contributed by atoms with Crippen LogP contribution in [0.2, 0.25) is 0 Å². The van der Waals surface area contributed by atoms with Crippen LogP contribution < -0.4 is 5.32 Å². The molecule has 1 saturated heterocycles. The molecule has 7 heteroatoms. The third-order valence-electron chi connectivity index (χ3n) is 5.22. The molecule has 2 aliphatic rings. The van der Waals surface area contributed by atoms with Gasteiger partial charge in [0.2, 0.25) is 5.91 Å². The summed E-state index contributed by atoms with van der Waals surface area (Å²) < 4.78 is 0. The van der Waals surface area contributed by atoms with Crippen molar-refractivity contribution in [2.75, 3.05) is 44.6 Å². The van der Waals surface area contributed by atoms with E-state index in [9.17, 15) is 14.4 Å². The molecule has 0 aromatic heterocycles. The topological polar surface area (TPSA) is 73.0 Å². The van der Waals surface area contributed by atoms with Gasteiger partial charge in [0.05, 0.1) is 5.57 Å². The van der Waals surface area contributed by atoms with Gasteiger partial charge in [-0.25, -0.2) is 0 Å². The van der Waals surface area contributed by atoms with Crippen LogP contribution >= 0.6 is 0 Å². The van der Waals surface area contributed by atoms with E-state index in [0.717, 1.165) is 39.1 Å². The maximum Gasteiger partial charge on any atom is 0.277 e. The van der Waals surface area contributed by atoms with Crippen LogP contribution in [0.3, 0.4) is 0 Å². The van der Waals surface area contributed by atoms with Gasteiger partial charge >= 0.3 is 0 Å². The van der Waals surface area contributed by atoms with Gasteiger partial charge in [0.1, 0.15) is 5.70 Å². The molecular formula is C21H28N4O3. The molecule has 0 bridgehead atoms. The Morgan fingerprint density at radius 2 is 1.64 bits per heavy atom. The highest BCUT2D eigenvalue weighted by molar-refractivity contribution is 6.35. The number of likely N-dealkylation sites (N-methyl/N-ethyl adjacent to an activating group) is 1. The average molecular weight is 384 g/mol. The number of piperazine rings is 1. The number of nitrogens with zero attached hydrogens (tertiary/aromatic N) is 3. The standard InChI is InChI=1S/C21H28N4O3/c1-4-10-25-20(27)18(16-6-8-17(9-7-16)22-15(3)26)19(21(25)28)24-13-11-23(5-2)12-14-24/h6-9H,4-5,10-14H2,1-3H3,(H,22,26). The maximum absolute atomic E-state index is 13.1. The van der Waals surface area contributed by atoms with Crippen molar-refractivity contribution < 1.29 is 14.4 Å². The largest absolute Gasteiger partial charge is 0.364 e. The lowest BCUT2D eigenvalue weighted by Gasteiger charge is -2.36. The van der Waals surface area contributed by atoms with Crippen molar-refractivity contribution in [3.8, 4) is 0 Å². The van der Waals surface area contributed by atoms with E-state index in [0.29, 0.717) is 29.1 Å². The van der Waals surface area contributed by atoms with Crippen molar-refractivity contribution in [3.63, 3.8) is 0 Å². The number of nitrogens with one attached hydrogen (secondary N) is 1. The Hall–Kier alpha value is -2.67. The number of imide groups is 1. The number of benzene rings is 1. The van der Waals surface area contributed by atoms with Crippen LogP contribution in [-0.2, 0) is 14.4 Å². The lowest BCUT2D eigenvalue weighted by molar-refractivity contribution is -0.137. The fourth-order valence-electron chi connectivity index (χ4n) is 3.75. The van der Waals surface area contributed by atoms with Gasteiger partial charge in [0.25, 0.3) is 11.8 Å². The van der Waals surface area contributed by atoms with E-state index in [4.69, 9.17) is 0 Å². The number of hydrogen-bond acceptors (Lipinski definition) is 5. The van der Waals surface area contributed by atoms with Crippen LogP contribution in [0.4, 0.5) is 5.69 Å². The lowest BCUT2D eigenvalue weighted by atomic mass is 10.0. The molecule has 3 amide bonds. The second-order valence-electron chi connectivity index (χ2n) is 7.17. The van der Waals surface area contributed by atoms with Gasteiger partial charge in [0, 0.05) is 45.3 Å². The minimum Gasteiger partial charge on any atom is -0.364 e. The Bertz CT molecular complexity index is 792. The van der Waals surface area contributed by atoms with Gasteiger partial charge in [-0.15, -0.1) is 0 Å². The Morgan fingerprint density at radius 1 is 1.00 bits per heavy atom. The van der Waals surface area contributed by atoms with Crippen molar-refractivity contribution in [2.45, 2.75) is 27.2 Å². The smallest absolute Gasteiger partial charge is 0.277 e. The molecule has 0 aliphatic carbocycles. The Balaban J connectivity index is 1.96. The average Bonchev–Trinajstić information content (AvgIpc) is 2.93. The fourth-order valence-corrected chi connectivity index (χ4v) is 3.75. The summed E-state index contributed by atoms with van der Waals surface area (Å²) in [6, 6.07) is 7.11. The summed E-state index contributed by atoms with van der Waals surface area (Å²) in [4.78, 5) is 43.2. The molecule has 0 radical (unpaired) electrons. The second kappa shape index (κ2) is 8.56. The minimum absolute atomic E-state index is 0.150. The first kappa shape index (κ1) is 20.1. The quantitative estimate of drug-likeness (QED) is 0.757. The number of amides is 3. The first-order valence-electron chi connectivity index (χ1n) is 9.92. The van der Waals surface area contributed by atoms with Crippen molar-refractivity contribution in [1.82, 2.24) is 14.7 Å². The van der Waals surface area contributed by atoms with Gasteiger partial charge in [-0.2, -0.15) is 0 Å². The third kappa shape index (κ3) is 3.94. The zero-order valence-electron chi connectivity index (χ0n) is 16.8. The molecule has 0 spiro atoms. The SMILES string of the molecule is CCCN1C(=O)C(c2ccc(NC(C)=O)cc2)=C(N2CCN(CC)CC2)C1=O. The Labute approximate surface area is 166 Å². The van der Waals surface area contributed by atoms with Crippen LogP contribution in [-0.4, -0.2) is 71.7 Å². The van der Waals surface area contributed by atoms with Crippen LogP contribution in [0, 0.1) is 0 Å². The molecule has 1 fully saturated rings. The number of anilines is 1. The normalized spacial score (nSPS) is 18.2. The van der Waals surface area contributed by atoms with Crippen LogP contribution in [0.1, 0.15) is 32.8 Å². The molecule has 7 nitrogen and oxygen atoms in total. The summed E-state index contributed by atoms with van der Waals surface area (Å²) in [5, 5.41) is 2.72. The summed E-state index contributed by atoms with van der Waals surface area (Å²) in [6.07, 6.45) is 0.725. The van der Waals surface area contributed by atoms with Crippen molar-refractivity contribution >= 4 is 29.0 Å². The van der Waals surface area contributed by atoms with E-state index in [1.165, 1.54) is 11.8 Å². The third-order valence-corrected chi connectivity index (χ3v) is 5.22. The van der Waals surface area contributed by atoms with Crippen molar-refractivity contribution in [2.24, 2.45) is 0 Å². The molecule has 150 valence electrons. The molecule has 3 rings (SSSR count). The molecule has 0 unspecified atom stereocenters. The predicted molar refractivity (Wildman–Crippen MR) is 108 cm³/mol. The number of carbonyl (C=O) groups excluding carboxylic acids is 3. The summed E-state index contributed by atoms with van der Waals surface area (Å²) >= 11 is 0. The highest BCUT2D eigenvalue weighted by Crippen LogP contribution is 2.32. The molecule has 0 saturated carbocycles. The van der Waals surface area contributed by atoms with Crippen LogP contribution in [0.15, 0.2) is 30.0 Å². The van der Waals surface area contributed by atoms with Crippen molar-refractivity contribution in [1.29, 1.82) is 0 Å².